The monoisotopic (exact) mass is 457 g/mol. The van der Waals surface area contributed by atoms with E-state index in [4.69, 9.17) is 5.26 Å². The third-order valence-corrected chi connectivity index (χ3v) is 5.74. The van der Waals surface area contributed by atoms with E-state index in [0.29, 0.717) is 23.4 Å². The van der Waals surface area contributed by atoms with E-state index in [2.05, 4.69) is 21.1 Å². The molecule has 4 rings (SSSR count). The van der Waals surface area contributed by atoms with Crippen LogP contribution in [-0.4, -0.2) is 20.3 Å². The number of nitrogens with one attached hydrogen (secondary N) is 1. The minimum Gasteiger partial charge on any atom is -0.347 e. The van der Waals surface area contributed by atoms with Gasteiger partial charge in [-0.15, -0.1) is 0 Å². The van der Waals surface area contributed by atoms with Gasteiger partial charge < -0.3 is 9.88 Å². The van der Waals surface area contributed by atoms with Crippen LogP contribution in [0.15, 0.2) is 60.9 Å². The van der Waals surface area contributed by atoms with Crippen molar-refractivity contribution in [3.05, 3.63) is 72.3 Å². The van der Waals surface area contributed by atoms with Crippen LogP contribution in [0.5, 0.6) is 0 Å². The number of aryl methyl sites for hydroxylation is 1. The molecule has 2 aromatic carbocycles. The second-order valence-electron chi connectivity index (χ2n) is 9.35. The van der Waals surface area contributed by atoms with Gasteiger partial charge in [-0.05, 0) is 81.5 Å². The second-order valence-corrected chi connectivity index (χ2v) is 9.35. The Morgan fingerprint density at radius 1 is 1.12 bits per heavy atom. The standard InChI is InChI=1S/C27H28FN5O/c1-27(2,3)33-25(20-7-10-21(28)11-8-20)23(18-30-33)26(34)31-22-12-9-19-13-16-32(24(19)17-22)15-6-4-5-14-29/h7-13,16-18H,4-6,15H2,1-3H3,(H,31,34). The molecule has 7 heteroatoms. The lowest BCUT2D eigenvalue weighted by Crippen LogP contribution is -2.24. The third kappa shape index (κ3) is 4.86. The van der Waals surface area contributed by atoms with Gasteiger partial charge in [-0.1, -0.05) is 6.07 Å². The Morgan fingerprint density at radius 2 is 1.88 bits per heavy atom. The molecule has 2 heterocycles. The Bertz CT molecular complexity index is 1350. The van der Waals surface area contributed by atoms with Gasteiger partial charge in [-0.3, -0.25) is 9.48 Å². The molecule has 0 bridgehead atoms. The van der Waals surface area contributed by atoms with E-state index < -0.39 is 0 Å². The van der Waals surface area contributed by atoms with Crippen molar-refractivity contribution in [3.63, 3.8) is 0 Å². The summed E-state index contributed by atoms with van der Waals surface area (Å²) in [7, 11) is 0. The number of fused-ring (bicyclic) bond motifs is 1. The summed E-state index contributed by atoms with van der Waals surface area (Å²) >= 11 is 0. The van der Waals surface area contributed by atoms with Crippen molar-refractivity contribution in [2.24, 2.45) is 0 Å². The molecule has 0 radical (unpaired) electrons. The summed E-state index contributed by atoms with van der Waals surface area (Å²) in [5.74, 6) is -0.609. The van der Waals surface area contributed by atoms with Crippen molar-refractivity contribution in [2.45, 2.75) is 52.1 Å². The van der Waals surface area contributed by atoms with Crippen LogP contribution in [-0.2, 0) is 12.1 Å². The Labute approximate surface area is 198 Å². The maximum absolute atomic E-state index is 13.5. The Balaban J connectivity index is 1.63. The molecule has 2 aromatic heterocycles. The number of anilines is 1. The first-order valence-electron chi connectivity index (χ1n) is 11.4. The van der Waals surface area contributed by atoms with Crippen LogP contribution >= 0.6 is 0 Å². The molecule has 0 saturated heterocycles. The van der Waals surface area contributed by atoms with Gasteiger partial charge in [0.15, 0.2) is 0 Å². The molecule has 0 aliphatic carbocycles. The highest BCUT2D eigenvalue weighted by molar-refractivity contribution is 6.08. The lowest BCUT2D eigenvalue weighted by atomic mass is 10.0. The number of rotatable bonds is 7. The predicted molar refractivity (Wildman–Crippen MR) is 132 cm³/mol. The summed E-state index contributed by atoms with van der Waals surface area (Å²) < 4.78 is 17.5. The van der Waals surface area contributed by atoms with E-state index in [1.54, 1.807) is 23.0 Å². The van der Waals surface area contributed by atoms with Crippen LogP contribution in [0.4, 0.5) is 10.1 Å². The van der Waals surface area contributed by atoms with Crippen LogP contribution in [0.3, 0.4) is 0 Å². The van der Waals surface area contributed by atoms with Gasteiger partial charge in [0.25, 0.3) is 5.91 Å². The quantitative estimate of drug-likeness (QED) is 0.329. The van der Waals surface area contributed by atoms with Crippen LogP contribution in [0, 0.1) is 17.1 Å². The lowest BCUT2D eigenvalue weighted by Gasteiger charge is -2.23. The van der Waals surface area contributed by atoms with Crippen molar-refractivity contribution < 1.29 is 9.18 Å². The topological polar surface area (TPSA) is 75.6 Å². The molecular formula is C27H28FN5O. The average Bonchev–Trinajstić information content (AvgIpc) is 3.42. The van der Waals surface area contributed by atoms with E-state index in [-0.39, 0.29) is 17.3 Å². The van der Waals surface area contributed by atoms with Crippen LogP contribution in [0.25, 0.3) is 22.2 Å². The first kappa shape index (κ1) is 23.2. The van der Waals surface area contributed by atoms with Crippen molar-refractivity contribution in [1.82, 2.24) is 14.3 Å². The summed E-state index contributed by atoms with van der Waals surface area (Å²) in [6.45, 7) is 6.84. The second kappa shape index (κ2) is 9.52. The van der Waals surface area contributed by atoms with Gasteiger partial charge in [0.05, 0.1) is 34.6 Å². The smallest absolute Gasteiger partial charge is 0.259 e. The van der Waals surface area contributed by atoms with Crippen LogP contribution < -0.4 is 5.32 Å². The Morgan fingerprint density at radius 3 is 2.59 bits per heavy atom. The summed E-state index contributed by atoms with van der Waals surface area (Å²) in [6.07, 6.45) is 5.93. The fourth-order valence-corrected chi connectivity index (χ4v) is 4.05. The molecule has 0 unspecified atom stereocenters. The highest BCUT2D eigenvalue weighted by atomic mass is 19.1. The molecule has 0 spiro atoms. The van der Waals surface area contributed by atoms with Crippen molar-refractivity contribution in [2.75, 3.05) is 5.32 Å². The van der Waals surface area contributed by atoms with Crippen LogP contribution in [0.1, 0.15) is 50.4 Å². The summed E-state index contributed by atoms with van der Waals surface area (Å²) in [5, 5.41) is 17.3. The molecule has 34 heavy (non-hydrogen) atoms. The number of nitrogens with zero attached hydrogens (tertiary/aromatic N) is 4. The molecule has 1 N–H and O–H groups in total. The van der Waals surface area contributed by atoms with E-state index in [1.165, 1.54) is 12.1 Å². The maximum Gasteiger partial charge on any atom is 0.259 e. The number of hydrogen-bond acceptors (Lipinski definition) is 3. The largest absolute Gasteiger partial charge is 0.347 e. The van der Waals surface area contributed by atoms with Crippen molar-refractivity contribution in [1.29, 1.82) is 5.26 Å². The van der Waals surface area contributed by atoms with Gasteiger partial charge in [0.1, 0.15) is 5.82 Å². The molecule has 0 saturated carbocycles. The third-order valence-electron chi connectivity index (χ3n) is 5.74. The molecule has 174 valence electrons. The maximum atomic E-state index is 13.5. The minimum absolute atomic E-state index is 0.277. The highest BCUT2D eigenvalue weighted by Gasteiger charge is 2.25. The fraction of sp³-hybridized carbons (Fsp3) is 0.296. The van der Waals surface area contributed by atoms with Gasteiger partial charge >= 0.3 is 0 Å². The normalized spacial score (nSPS) is 11.5. The number of halogens is 1. The van der Waals surface area contributed by atoms with E-state index >= 15 is 0 Å². The SMILES string of the molecule is CC(C)(C)n1ncc(C(=O)Nc2ccc3ccn(CCCCC#N)c3c2)c1-c1ccc(F)cc1. The fourth-order valence-electron chi connectivity index (χ4n) is 4.05. The molecule has 0 atom stereocenters. The number of aromatic nitrogens is 3. The molecule has 0 aliphatic rings. The first-order chi connectivity index (χ1) is 16.3. The number of nitriles is 1. The Hall–Kier alpha value is -3.92. The number of benzene rings is 2. The molecule has 1 amide bonds. The minimum atomic E-state index is -0.368. The molecule has 6 nitrogen and oxygen atoms in total. The first-order valence-corrected chi connectivity index (χ1v) is 11.4. The predicted octanol–water partition coefficient (Wildman–Crippen LogP) is 6.35. The number of carbonyl (C=O) groups excluding carboxylic acids is 1. The summed E-state index contributed by atoms with van der Waals surface area (Å²) in [4.78, 5) is 13.3. The van der Waals surface area contributed by atoms with Gasteiger partial charge in [-0.2, -0.15) is 10.4 Å². The molecule has 4 aromatic rings. The van der Waals surface area contributed by atoms with Gasteiger partial charge in [0.2, 0.25) is 0 Å². The van der Waals surface area contributed by atoms with E-state index in [9.17, 15) is 9.18 Å². The molecule has 0 aliphatic heterocycles. The zero-order chi connectivity index (χ0) is 24.3. The number of unbranched alkanes of at least 4 members (excludes halogenated alkanes) is 2. The number of hydrogen-bond donors (Lipinski definition) is 1. The zero-order valence-electron chi connectivity index (χ0n) is 19.7. The molecular weight excluding hydrogens is 429 g/mol. The highest BCUT2D eigenvalue weighted by Crippen LogP contribution is 2.30. The zero-order valence-corrected chi connectivity index (χ0v) is 19.7. The van der Waals surface area contributed by atoms with Crippen molar-refractivity contribution >= 4 is 22.5 Å². The van der Waals surface area contributed by atoms with E-state index in [1.807, 2.05) is 51.2 Å². The Kier molecular flexibility index (Phi) is 6.51. The lowest BCUT2D eigenvalue weighted by molar-refractivity contribution is 0.102. The number of amides is 1. The van der Waals surface area contributed by atoms with Crippen LogP contribution in [0.2, 0.25) is 0 Å². The molecule has 0 fully saturated rings. The number of carbonyl (C=O) groups is 1. The summed E-state index contributed by atoms with van der Waals surface area (Å²) in [5.41, 5.74) is 3.14. The van der Waals surface area contributed by atoms with Crippen molar-refractivity contribution in [3.8, 4) is 17.3 Å². The van der Waals surface area contributed by atoms with Gasteiger partial charge in [-0.25, -0.2) is 4.39 Å². The summed E-state index contributed by atoms with van der Waals surface area (Å²) in [6, 6.07) is 16.1. The van der Waals surface area contributed by atoms with E-state index in [0.717, 1.165) is 35.9 Å². The average molecular weight is 458 g/mol. The van der Waals surface area contributed by atoms with Gasteiger partial charge in [0, 0.05) is 30.4 Å².